The van der Waals surface area contributed by atoms with Crippen molar-refractivity contribution in [3.05, 3.63) is 82.7 Å². The van der Waals surface area contributed by atoms with Gasteiger partial charge in [0.25, 0.3) is 0 Å². The fourth-order valence-electron chi connectivity index (χ4n) is 4.90. The monoisotopic (exact) mass is 445 g/mol. The number of aromatic hydroxyl groups is 1. The number of rotatable bonds is 6. The van der Waals surface area contributed by atoms with Crippen LogP contribution in [0, 0.1) is 17.1 Å². The molecule has 2 N–H and O–H groups in total. The first-order valence-corrected chi connectivity index (χ1v) is 11.1. The van der Waals surface area contributed by atoms with Gasteiger partial charge in [-0.25, -0.2) is 9.37 Å². The molecule has 1 amide bonds. The average molecular weight is 445 g/mol. The maximum atomic E-state index is 13.9. The fourth-order valence-corrected chi connectivity index (χ4v) is 4.90. The number of nitriles is 1. The Kier molecular flexibility index (Phi) is 5.56. The fraction of sp³-hybridized carbons (Fsp3) is 0.320. The van der Waals surface area contributed by atoms with E-state index in [9.17, 15) is 14.3 Å². The molecule has 2 aliphatic rings. The topological polar surface area (TPSA) is 94.2 Å². The first kappa shape index (κ1) is 21.2. The Balaban J connectivity index is 1.23. The molecule has 2 aromatic carbocycles. The van der Waals surface area contributed by atoms with E-state index in [2.05, 4.69) is 10.3 Å². The predicted octanol–water partition coefficient (Wildman–Crippen LogP) is 3.03. The molecule has 1 aromatic heterocycles. The molecule has 1 aliphatic heterocycles. The predicted molar refractivity (Wildman–Crippen MR) is 119 cm³/mol. The maximum Gasteiger partial charge on any atom is 0.240 e. The number of hydrogen-bond donors (Lipinski definition) is 2. The number of carbonyl (C=O) groups excluding carboxylic acids is 1. The van der Waals surface area contributed by atoms with Gasteiger partial charge in [0.1, 0.15) is 17.6 Å². The molecule has 0 radical (unpaired) electrons. The summed E-state index contributed by atoms with van der Waals surface area (Å²) in [5.41, 5.74) is 3.90. The van der Waals surface area contributed by atoms with E-state index in [0.717, 1.165) is 36.1 Å². The third-order valence-corrected chi connectivity index (χ3v) is 6.63. The molecular weight excluding hydrogens is 421 g/mol. The van der Waals surface area contributed by atoms with E-state index in [4.69, 9.17) is 5.26 Å². The van der Waals surface area contributed by atoms with Gasteiger partial charge in [-0.3, -0.25) is 4.79 Å². The summed E-state index contributed by atoms with van der Waals surface area (Å²) in [7, 11) is 0. The number of nitrogens with zero attached hydrogens (tertiary/aromatic N) is 4. The number of carbonyl (C=O) groups is 1. The Morgan fingerprint density at radius 2 is 2.12 bits per heavy atom. The minimum atomic E-state index is -0.534. The molecule has 8 heteroatoms. The molecule has 33 heavy (non-hydrogen) atoms. The molecule has 1 saturated heterocycles. The lowest BCUT2D eigenvalue weighted by Gasteiger charge is -2.25. The highest BCUT2D eigenvalue weighted by molar-refractivity contribution is 5.84. The van der Waals surface area contributed by atoms with Gasteiger partial charge in [-0.1, -0.05) is 12.1 Å². The summed E-state index contributed by atoms with van der Waals surface area (Å²) < 4.78 is 15.8. The molecule has 1 aliphatic carbocycles. The van der Waals surface area contributed by atoms with Crippen molar-refractivity contribution in [2.24, 2.45) is 0 Å². The van der Waals surface area contributed by atoms with E-state index in [1.54, 1.807) is 30.7 Å². The van der Waals surface area contributed by atoms with E-state index >= 15 is 0 Å². The smallest absolute Gasteiger partial charge is 0.240 e. The van der Waals surface area contributed by atoms with Crippen LogP contribution in [0.4, 0.5) is 4.39 Å². The summed E-state index contributed by atoms with van der Waals surface area (Å²) >= 11 is 0. The third kappa shape index (κ3) is 4.08. The number of phenolic OH excluding ortho intramolecular Hbond substituents is 1. The van der Waals surface area contributed by atoms with Crippen LogP contribution in [0.5, 0.6) is 5.75 Å². The van der Waals surface area contributed by atoms with Crippen molar-refractivity contribution in [3.63, 3.8) is 0 Å². The van der Waals surface area contributed by atoms with E-state index in [1.807, 2.05) is 21.6 Å². The van der Waals surface area contributed by atoms with Crippen molar-refractivity contribution >= 4 is 5.91 Å². The van der Waals surface area contributed by atoms with E-state index in [0.29, 0.717) is 19.6 Å². The first-order valence-electron chi connectivity index (χ1n) is 11.1. The van der Waals surface area contributed by atoms with Crippen molar-refractivity contribution in [2.45, 2.75) is 44.4 Å². The Hall–Kier alpha value is -3.70. The molecule has 7 nitrogen and oxygen atoms in total. The van der Waals surface area contributed by atoms with Gasteiger partial charge in [0, 0.05) is 25.8 Å². The van der Waals surface area contributed by atoms with Gasteiger partial charge in [0.2, 0.25) is 5.91 Å². The van der Waals surface area contributed by atoms with Gasteiger partial charge < -0.3 is 19.9 Å². The normalized spacial score (nSPS) is 19.6. The zero-order chi connectivity index (χ0) is 22.9. The minimum absolute atomic E-state index is 0.0169. The zero-order valence-electron chi connectivity index (χ0n) is 18.0. The third-order valence-electron chi connectivity index (χ3n) is 6.63. The number of aryl methyl sites for hydroxylation is 1. The lowest BCUT2D eigenvalue weighted by Crippen LogP contribution is -2.39. The summed E-state index contributed by atoms with van der Waals surface area (Å²) in [5.74, 6) is -0.220. The molecule has 5 rings (SSSR count). The van der Waals surface area contributed by atoms with Crippen molar-refractivity contribution in [2.75, 3.05) is 6.54 Å². The van der Waals surface area contributed by atoms with Crippen LogP contribution >= 0.6 is 0 Å². The summed E-state index contributed by atoms with van der Waals surface area (Å²) in [6, 6.07) is 11.6. The van der Waals surface area contributed by atoms with Gasteiger partial charge in [-0.15, -0.1) is 0 Å². The second-order valence-corrected chi connectivity index (χ2v) is 8.63. The molecule has 168 valence electrons. The number of nitrogens with one attached hydrogen (secondary N) is 1. The van der Waals surface area contributed by atoms with E-state index < -0.39 is 5.82 Å². The van der Waals surface area contributed by atoms with Crippen molar-refractivity contribution in [1.82, 2.24) is 19.8 Å². The summed E-state index contributed by atoms with van der Waals surface area (Å²) in [5, 5.41) is 22.1. The second kappa shape index (κ2) is 8.68. The van der Waals surface area contributed by atoms with Gasteiger partial charge in [-0.05, 0) is 60.2 Å². The lowest BCUT2D eigenvalue weighted by atomic mass is 10.1. The molecule has 2 heterocycles. The molecule has 0 bridgehead atoms. The SMILES string of the molecule is N#Cc1ccc(Cn2cncc2CN[C@H]2CCN([C@@H]3CCc4ccc(O)cc43)C2=O)cc1F. The number of benzene rings is 2. The van der Waals surface area contributed by atoms with E-state index in [-0.39, 0.29) is 29.3 Å². The van der Waals surface area contributed by atoms with Crippen LogP contribution in [-0.4, -0.2) is 38.1 Å². The van der Waals surface area contributed by atoms with Crippen LogP contribution in [0.25, 0.3) is 0 Å². The van der Waals surface area contributed by atoms with Crippen LogP contribution < -0.4 is 5.32 Å². The lowest BCUT2D eigenvalue weighted by molar-refractivity contribution is -0.131. The number of phenols is 1. The molecule has 0 unspecified atom stereocenters. The number of imidazole rings is 1. The van der Waals surface area contributed by atoms with E-state index in [1.165, 1.54) is 17.7 Å². The van der Waals surface area contributed by atoms with Crippen LogP contribution in [0.1, 0.15) is 46.8 Å². The highest BCUT2D eigenvalue weighted by Crippen LogP contribution is 2.39. The van der Waals surface area contributed by atoms with Crippen LogP contribution in [0.15, 0.2) is 48.9 Å². The molecule has 2 atom stereocenters. The van der Waals surface area contributed by atoms with Gasteiger partial charge in [-0.2, -0.15) is 5.26 Å². The standard InChI is InChI=1S/C25H24FN5O2/c26-22-9-16(1-2-18(22)11-27)14-30-15-28-12-19(30)13-29-23-7-8-31(25(23)33)24-6-4-17-3-5-20(32)10-21(17)24/h1-3,5,9-10,12,15,23-24,29,32H,4,6-8,13-14H2/t23-,24+/m0/s1. The Morgan fingerprint density at radius 3 is 2.94 bits per heavy atom. The molecule has 3 aromatic rings. The highest BCUT2D eigenvalue weighted by Gasteiger charge is 2.38. The highest BCUT2D eigenvalue weighted by atomic mass is 19.1. The van der Waals surface area contributed by atoms with Crippen molar-refractivity contribution < 1.29 is 14.3 Å². The van der Waals surface area contributed by atoms with Crippen LogP contribution in [0.2, 0.25) is 0 Å². The first-order chi connectivity index (χ1) is 16.0. The number of aromatic nitrogens is 2. The minimum Gasteiger partial charge on any atom is -0.508 e. The number of likely N-dealkylation sites (tertiary alicyclic amines) is 1. The Bertz CT molecular complexity index is 1250. The van der Waals surface area contributed by atoms with Gasteiger partial charge in [0.15, 0.2) is 0 Å². The van der Waals surface area contributed by atoms with Gasteiger partial charge in [0.05, 0.1) is 29.7 Å². The molecule has 1 fully saturated rings. The number of fused-ring (bicyclic) bond motifs is 1. The summed E-state index contributed by atoms with van der Waals surface area (Å²) in [4.78, 5) is 19.3. The number of amides is 1. The van der Waals surface area contributed by atoms with Crippen molar-refractivity contribution in [3.8, 4) is 11.8 Å². The Morgan fingerprint density at radius 1 is 1.24 bits per heavy atom. The van der Waals surface area contributed by atoms with Crippen LogP contribution in [0.3, 0.4) is 0 Å². The van der Waals surface area contributed by atoms with Crippen molar-refractivity contribution in [1.29, 1.82) is 5.26 Å². The second-order valence-electron chi connectivity index (χ2n) is 8.63. The number of hydrogen-bond acceptors (Lipinski definition) is 5. The average Bonchev–Trinajstić information content (AvgIpc) is 3.51. The Labute approximate surface area is 191 Å². The largest absolute Gasteiger partial charge is 0.508 e. The maximum absolute atomic E-state index is 13.9. The molecular formula is C25H24FN5O2. The quantitative estimate of drug-likeness (QED) is 0.608. The zero-order valence-corrected chi connectivity index (χ0v) is 18.0. The summed E-state index contributed by atoms with van der Waals surface area (Å²) in [6.45, 7) is 1.57. The number of halogens is 1. The van der Waals surface area contributed by atoms with Gasteiger partial charge >= 0.3 is 0 Å². The van der Waals surface area contributed by atoms with Crippen LogP contribution in [-0.2, 0) is 24.3 Å². The summed E-state index contributed by atoms with van der Waals surface area (Å²) in [6.07, 6.45) is 5.93. The molecule has 0 spiro atoms. The molecule has 0 saturated carbocycles.